The smallest absolute Gasteiger partial charge is 0.177 e. The number of imidazole rings is 1. The van der Waals surface area contributed by atoms with Gasteiger partial charge in [-0.2, -0.15) is 0 Å². The number of hydrogen-bond donors (Lipinski definition) is 2. The molecular formula is C12H20N2OS. The van der Waals surface area contributed by atoms with Crippen LogP contribution in [0.1, 0.15) is 44.8 Å². The van der Waals surface area contributed by atoms with Crippen molar-refractivity contribution < 1.29 is 5.11 Å². The van der Waals surface area contributed by atoms with Crippen molar-refractivity contribution in [3.63, 3.8) is 0 Å². The van der Waals surface area contributed by atoms with Crippen LogP contribution in [-0.2, 0) is 6.61 Å². The van der Waals surface area contributed by atoms with Crippen LogP contribution in [0.3, 0.4) is 0 Å². The fourth-order valence-corrected chi connectivity index (χ4v) is 3.38. The first kappa shape index (κ1) is 11.9. The van der Waals surface area contributed by atoms with E-state index in [-0.39, 0.29) is 6.61 Å². The zero-order chi connectivity index (χ0) is 11.7. The fourth-order valence-electron chi connectivity index (χ4n) is 3.05. The van der Waals surface area contributed by atoms with Gasteiger partial charge >= 0.3 is 0 Å². The molecule has 1 aromatic heterocycles. The molecule has 3 nitrogen and oxygen atoms in total. The highest BCUT2D eigenvalue weighted by Crippen LogP contribution is 2.36. The monoisotopic (exact) mass is 240 g/mol. The lowest BCUT2D eigenvalue weighted by Gasteiger charge is -2.33. The van der Waals surface area contributed by atoms with E-state index in [1.807, 2.05) is 6.20 Å². The summed E-state index contributed by atoms with van der Waals surface area (Å²) in [4.78, 5) is 3.03. The molecule has 1 fully saturated rings. The molecule has 1 aliphatic rings. The summed E-state index contributed by atoms with van der Waals surface area (Å²) in [6.45, 7) is 4.67. The molecule has 2 atom stereocenters. The van der Waals surface area contributed by atoms with E-state index in [0.717, 1.165) is 22.3 Å². The van der Waals surface area contributed by atoms with Crippen molar-refractivity contribution >= 4 is 12.2 Å². The second-order valence-electron chi connectivity index (χ2n) is 5.18. The third kappa shape index (κ3) is 2.23. The Morgan fingerprint density at radius 1 is 1.38 bits per heavy atom. The van der Waals surface area contributed by atoms with Gasteiger partial charge < -0.3 is 14.7 Å². The molecule has 4 heteroatoms. The van der Waals surface area contributed by atoms with Gasteiger partial charge in [0.15, 0.2) is 4.77 Å². The summed E-state index contributed by atoms with van der Waals surface area (Å²) < 4.78 is 2.86. The molecule has 0 aromatic carbocycles. The molecule has 1 aromatic rings. The number of nitrogens with zero attached hydrogens (tertiary/aromatic N) is 1. The molecule has 2 rings (SSSR count). The third-order valence-corrected chi connectivity index (χ3v) is 3.89. The Hall–Kier alpha value is -0.610. The van der Waals surface area contributed by atoms with Crippen LogP contribution in [-0.4, -0.2) is 14.7 Å². The summed E-state index contributed by atoms with van der Waals surface area (Å²) in [5, 5.41) is 9.31. The minimum atomic E-state index is 0.0619. The quantitative estimate of drug-likeness (QED) is 0.780. The minimum absolute atomic E-state index is 0.0619. The summed E-state index contributed by atoms with van der Waals surface area (Å²) in [5.41, 5.74) is 0.913. The Labute approximate surface area is 102 Å². The van der Waals surface area contributed by atoms with Crippen LogP contribution in [0.25, 0.3) is 0 Å². The largest absolute Gasteiger partial charge is 0.390 e. The Morgan fingerprint density at radius 2 is 2.00 bits per heavy atom. The lowest BCUT2D eigenvalue weighted by atomic mass is 9.80. The molecule has 0 bridgehead atoms. The van der Waals surface area contributed by atoms with E-state index in [2.05, 4.69) is 23.4 Å². The van der Waals surface area contributed by atoms with Crippen molar-refractivity contribution in [3.05, 3.63) is 16.7 Å². The molecule has 0 aliphatic heterocycles. The van der Waals surface area contributed by atoms with E-state index in [0.29, 0.717) is 6.04 Å². The predicted molar refractivity (Wildman–Crippen MR) is 66.8 cm³/mol. The topological polar surface area (TPSA) is 41.0 Å². The maximum Gasteiger partial charge on any atom is 0.177 e. The van der Waals surface area contributed by atoms with Gasteiger partial charge in [0.2, 0.25) is 0 Å². The van der Waals surface area contributed by atoms with E-state index in [1.165, 1.54) is 19.3 Å². The summed E-state index contributed by atoms with van der Waals surface area (Å²) in [7, 11) is 0. The van der Waals surface area contributed by atoms with Gasteiger partial charge in [-0.3, -0.25) is 0 Å². The van der Waals surface area contributed by atoms with E-state index in [4.69, 9.17) is 12.2 Å². The zero-order valence-corrected chi connectivity index (χ0v) is 10.8. The normalized spacial score (nSPS) is 30.6. The van der Waals surface area contributed by atoms with Crippen molar-refractivity contribution in [2.45, 2.75) is 45.8 Å². The molecule has 2 N–H and O–H groups in total. The van der Waals surface area contributed by atoms with Gasteiger partial charge in [0.25, 0.3) is 0 Å². The number of aromatic amines is 1. The highest BCUT2D eigenvalue weighted by Gasteiger charge is 2.26. The summed E-state index contributed by atoms with van der Waals surface area (Å²) in [5.74, 6) is 1.49. The van der Waals surface area contributed by atoms with Gasteiger partial charge in [0.05, 0.1) is 12.3 Å². The molecule has 0 amide bonds. The van der Waals surface area contributed by atoms with Crippen LogP contribution < -0.4 is 0 Å². The molecular weight excluding hydrogens is 220 g/mol. The zero-order valence-electron chi connectivity index (χ0n) is 9.94. The van der Waals surface area contributed by atoms with Crippen molar-refractivity contribution in [2.24, 2.45) is 11.8 Å². The number of aliphatic hydroxyl groups excluding tert-OH is 1. The molecule has 1 heterocycles. The number of nitrogens with one attached hydrogen (secondary N) is 1. The highest BCUT2D eigenvalue weighted by atomic mass is 32.1. The maximum absolute atomic E-state index is 9.31. The second-order valence-corrected chi connectivity index (χ2v) is 5.57. The van der Waals surface area contributed by atoms with Crippen LogP contribution in [0.15, 0.2) is 6.20 Å². The van der Waals surface area contributed by atoms with E-state index in [9.17, 15) is 5.11 Å². The van der Waals surface area contributed by atoms with Gasteiger partial charge in [0, 0.05) is 12.2 Å². The average molecular weight is 240 g/mol. The first-order valence-electron chi connectivity index (χ1n) is 6.01. The fraction of sp³-hybridized carbons (Fsp3) is 0.750. The Balaban J connectivity index is 2.29. The number of hydrogen-bond acceptors (Lipinski definition) is 2. The summed E-state index contributed by atoms with van der Waals surface area (Å²) in [6.07, 6.45) is 5.47. The predicted octanol–water partition coefficient (Wildman–Crippen LogP) is 3.04. The molecule has 16 heavy (non-hydrogen) atoms. The molecule has 0 saturated heterocycles. The van der Waals surface area contributed by atoms with Crippen molar-refractivity contribution in [3.8, 4) is 0 Å². The molecule has 0 radical (unpaired) electrons. The SMILES string of the molecule is CC1CC(C)CC(n2c(CO)c[nH]c2=S)C1. The Bertz CT molecular complexity index is 399. The first-order valence-corrected chi connectivity index (χ1v) is 6.42. The van der Waals surface area contributed by atoms with Gasteiger partial charge in [-0.05, 0) is 43.3 Å². The Morgan fingerprint density at radius 3 is 2.56 bits per heavy atom. The average Bonchev–Trinajstić information content (AvgIpc) is 2.58. The highest BCUT2D eigenvalue weighted by molar-refractivity contribution is 7.71. The number of aromatic nitrogens is 2. The van der Waals surface area contributed by atoms with Crippen LogP contribution in [0.4, 0.5) is 0 Å². The van der Waals surface area contributed by atoms with Crippen LogP contribution >= 0.6 is 12.2 Å². The lowest BCUT2D eigenvalue weighted by Crippen LogP contribution is -2.23. The van der Waals surface area contributed by atoms with Crippen LogP contribution in [0, 0.1) is 16.6 Å². The van der Waals surface area contributed by atoms with E-state index in [1.54, 1.807) is 0 Å². The van der Waals surface area contributed by atoms with Gasteiger partial charge in [-0.25, -0.2) is 0 Å². The minimum Gasteiger partial charge on any atom is -0.390 e. The summed E-state index contributed by atoms with van der Waals surface area (Å²) >= 11 is 5.29. The van der Waals surface area contributed by atoms with Crippen molar-refractivity contribution in [2.75, 3.05) is 0 Å². The van der Waals surface area contributed by atoms with Gasteiger partial charge in [-0.1, -0.05) is 13.8 Å². The van der Waals surface area contributed by atoms with Gasteiger partial charge in [0.1, 0.15) is 0 Å². The molecule has 1 aliphatic carbocycles. The number of rotatable bonds is 2. The van der Waals surface area contributed by atoms with Crippen molar-refractivity contribution in [1.29, 1.82) is 0 Å². The van der Waals surface area contributed by atoms with E-state index >= 15 is 0 Å². The molecule has 90 valence electrons. The molecule has 1 saturated carbocycles. The number of aliphatic hydroxyl groups is 1. The summed E-state index contributed by atoms with van der Waals surface area (Å²) in [6, 6.07) is 0.458. The van der Waals surface area contributed by atoms with Crippen molar-refractivity contribution in [1.82, 2.24) is 9.55 Å². The third-order valence-electron chi connectivity index (χ3n) is 3.57. The standard InChI is InChI=1S/C12H20N2OS/c1-8-3-9(2)5-10(4-8)14-11(7-15)6-13-12(14)16/h6,8-10,15H,3-5,7H2,1-2H3,(H,13,16). The van der Waals surface area contributed by atoms with Crippen LogP contribution in [0.2, 0.25) is 0 Å². The second kappa shape index (κ2) is 4.72. The molecule has 2 unspecified atom stereocenters. The molecule has 0 spiro atoms. The Kier molecular flexibility index (Phi) is 3.50. The van der Waals surface area contributed by atoms with E-state index < -0.39 is 0 Å². The van der Waals surface area contributed by atoms with Crippen LogP contribution in [0.5, 0.6) is 0 Å². The maximum atomic E-state index is 9.31. The van der Waals surface area contributed by atoms with Gasteiger partial charge in [-0.15, -0.1) is 0 Å². The first-order chi connectivity index (χ1) is 7.61. The lowest BCUT2D eigenvalue weighted by molar-refractivity contribution is 0.204. The number of H-pyrrole nitrogens is 1.